The molecular weight excluding hydrogens is 193 g/mol. The Bertz CT molecular complexity index is 312. The predicted octanol–water partition coefficient (Wildman–Crippen LogP) is 2.58. The second-order valence-corrected chi connectivity index (χ2v) is 3.99. The third-order valence-corrected chi connectivity index (χ3v) is 2.10. The Balaban J connectivity index is 2.52. The number of ether oxygens (including phenoxy) is 1. The molecule has 0 aliphatic heterocycles. The van der Waals surface area contributed by atoms with Gasteiger partial charge in [-0.3, -0.25) is 0 Å². The molecule has 0 spiro atoms. The van der Waals surface area contributed by atoms with Gasteiger partial charge in [0, 0.05) is 6.54 Å². The summed E-state index contributed by atoms with van der Waals surface area (Å²) >= 11 is 0. The zero-order valence-corrected chi connectivity index (χ0v) is 9.51. The lowest BCUT2D eigenvalue weighted by atomic mass is 10.2. The summed E-state index contributed by atoms with van der Waals surface area (Å²) in [6, 6.07) is 5.03. The van der Waals surface area contributed by atoms with Crippen LogP contribution in [0.3, 0.4) is 0 Å². The molecule has 1 aromatic carbocycles. The molecule has 0 fully saturated rings. The van der Waals surface area contributed by atoms with Crippen LogP contribution in [0.5, 0.6) is 5.75 Å². The smallest absolute Gasteiger partial charge is 0.165 e. The molecule has 0 aliphatic carbocycles. The van der Waals surface area contributed by atoms with Crippen molar-refractivity contribution in [2.24, 2.45) is 5.92 Å². The fraction of sp³-hybridized carbons (Fsp3) is 0.500. The highest BCUT2D eigenvalue weighted by molar-refractivity contribution is 5.29. The normalized spacial score (nSPS) is 10.7. The molecule has 0 saturated heterocycles. The van der Waals surface area contributed by atoms with E-state index in [0.717, 1.165) is 12.1 Å². The molecule has 0 amide bonds. The summed E-state index contributed by atoms with van der Waals surface area (Å²) in [4.78, 5) is 0. The summed E-state index contributed by atoms with van der Waals surface area (Å²) in [5, 5.41) is 3.26. The fourth-order valence-corrected chi connectivity index (χ4v) is 1.33. The van der Waals surface area contributed by atoms with Crippen molar-refractivity contribution in [3.05, 3.63) is 29.6 Å². The van der Waals surface area contributed by atoms with Gasteiger partial charge >= 0.3 is 0 Å². The molecule has 84 valence electrons. The average molecular weight is 211 g/mol. The topological polar surface area (TPSA) is 21.3 Å². The summed E-state index contributed by atoms with van der Waals surface area (Å²) in [6.45, 7) is 5.91. The number of halogens is 1. The molecule has 0 saturated carbocycles. The number of nitrogens with one attached hydrogen (secondary N) is 1. The third kappa shape index (κ3) is 3.88. The second-order valence-electron chi connectivity index (χ2n) is 3.99. The van der Waals surface area contributed by atoms with Gasteiger partial charge in [-0.05, 0) is 30.2 Å². The van der Waals surface area contributed by atoms with Gasteiger partial charge in [-0.2, -0.15) is 0 Å². The van der Waals surface area contributed by atoms with E-state index in [-0.39, 0.29) is 5.82 Å². The maximum absolute atomic E-state index is 13.3. The summed E-state index contributed by atoms with van der Waals surface area (Å²) in [5.41, 5.74) is 0.939. The zero-order chi connectivity index (χ0) is 11.3. The van der Waals surface area contributed by atoms with Crippen LogP contribution in [0.4, 0.5) is 4.39 Å². The second kappa shape index (κ2) is 5.71. The van der Waals surface area contributed by atoms with Crippen LogP contribution in [0.25, 0.3) is 0 Å². The van der Waals surface area contributed by atoms with Gasteiger partial charge in [0.15, 0.2) is 11.6 Å². The minimum atomic E-state index is -0.304. The molecule has 0 unspecified atom stereocenters. The van der Waals surface area contributed by atoms with Crippen LogP contribution in [0, 0.1) is 11.7 Å². The largest absolute Gasteiger partial charge is 0.494 e. The van der Waals surface area contributed by atoms with Crippen molar-refractivity contribution in [3.63, 3.8) is 0 Å². The lowest BCUT2D eigenvalue weighted by Crippen LogP contribution is -2.18. The Hall–Kier alpha value is -1.09. The Morgan fingerprint density at radius 2 is 2.13 bits per heavy atom. The minimum Gasteiger partial charge on any atom is -0.494 e. The molecule has 1 aromatic rings. The van der Waals surface area contributed by atoms with E-state index in [1.54, 1.807) is 6.07 Å². The van der Waals surface area contributed by atoms with E-state index < -0.39 is 0 Å². The van der Waals surface area contributed by atoms with Gasteiger partial charge in [0.05, 0.1) is 7.11 Å². The van der Waals surface area contributed by atoms with Crippen LogP contribution >= 0.6 is 0 Å². The van der Waals surface area contributed by atoms with Crippen LogP contribution in [0.15, 0.2) is 18.2 Å². The first-order valence-corrected chi connectivity index (χ1v) is 5.16. The van der Waals surface area contributed by atoms with Crippen molar-refractivity contribution in [2.45, 2.75) is 20.4 Å². The first-order chi connectivity index (χ1) is 7.13. The lowest BCUT2D eigenvalue weighted by molar-refractivity contribution is 0.386. The van der Waals surface area contributed by atoms with Crippen LogP contribution < -0.4 is 10.1 Å². The maximum Gasteiger partial charge on any atom is 0.165 e. The zero-order valence-electron chi connectivity index (χ0n) is 9.51. The Morgan fingerprint density at radius 1 is 1.40 bits per heavy atom. The van der Waals surface area contributed by atoms with Gasteiger partial charge in [0.1, 0.15) is 0 Å². The van der Waals surface area contributed by atoms with E-state index in [1.165, 1.54) is 13.2 Å². The first-order valence-electron chi connectivity index (χ1n) is 5.16. The predicted molar refractivity (Wildman–Crippen MR) is 59.5 cm³/mol. The maximum atomic E-state index is 13.3. The molecule has 1 N–H and O–H groups in total. The Labute approximate surface area is 90.4 Å². The van der Waals surface area contributed by atoms with Gasteiger partial charge < -0.3 is 10.1 Å². The molecule has 2 nitrogen and oxygen atoms in total. The van der Waals surface area contributed by atoms with Crippen molar-refractivity contribution < 1.29 is 9.13 Å². The van der Waals surface area contributed by atoms with Gasteiger partial charge in [0.25, 0.3) is 0 Å². The van der Waals surface area contributed by atoms with Crippen LogP contribution in [-0.2, 0) is 6.54 Å². The summed E-state index contributed by atoms with van der Waals surface area (Å²) in [7, 11) is 1.47. The number of methoxy groups -OCH3 is 1. The molecule has 3 heteroatoms. The molecule has 0 aliphatic rings. The lowest BCUT2D eigenvalue weighted by Gasteiger charge is -2.08. The van der Waals surface area contributed by atoms with Crippen LogP contribution in [0.1, 0.15) is 19.4 Å². The molecule has 1 rings (SSSR count). The van der Waals surface area contributed by atoms with E-state index in [1.807, 2.05) is 6.07 Å². The Morgan fingerprint density at radius 3 is 2.67 bits per heavy atom. The molecule has 0 atom stereocenters. The molecular formula is C12H18FNO. The van der Waals surface area contributed by atoms with Crippen molar-refractivity contribution in [1.29, 1.82) is 0 Å². The Kier molecular flexibility index (Phi) is 4.56. The first kappa shape index (κ1) is 12.0. The summed E-state index contributed by atoms with van der Waals surface area (Å²) in [6.07, 6.45) is 0. The SMILES string of the molecule is COc1ccc(CNCC(C)C)cc1F. The fourth-order valence-electron chi connectivity index (χ4n) is 1.33. The number of rotatable bonds is 5. The monoisotopic (exact) mass is 211 g/mol. The van der Waals surface area contributed by atoms with Crippen LogP contribution in [0.2, 0.25) is 0 Å². The van der Waals surface area contributed by atoms with E-state index in [4.69, 9.17) is 4.74 Å². The highest BCUT2D eigenvalue weighted by Gasteiger charge is 2.03. The molecule has 0 radical (unpaired) electrons. The summed E-state index contributed by atoms with van der Waals surface area (Å²) in [5.74, 6) is 0.594. The van der Waals surface area contributed by atoms with Gasteiger partial charge in [0.2, 0.25) is 0 Å². The summed E-state index contributed by atoms with van der Waals surface area (Å²) < 4.78 is 18.1. The van der Waals surface area contributed by atoms with Gasteiger partial charge in [-0.15, -0.1) is 0 Å². The number of benzene rings is 1. The van der Waals surface area contributed by atoms with Crippen molar-refractivity contribution >= 4 is 0 Å². The van der Waals surface area contributed by atoms with Crippen molar-refractivity contribution in [2.75, 3.05) is 13.7 Å². The molecule has 15 heavy (non-hydrogen) atoms. The van der Waals surface area contributed by atoms with Crippen LogP contribution in [-0.4, -0.2) is 13.7 Å². The van der Waals surface area contributed by atoms with Crippen molar-refractivity contribution in [3.8, 4) is 5.75 Å². The number of hydrogen-bond donors (Lipinski definition) is 1. The van der Waals surface area contributed by atoms with E-state index in [9.17, 15) is 4.39 Å². The van der Waals surface area contributed by atoms with Gasteiger partial charge in [-0.1, -0.05) is 19.9 Å². The van der Waals surface area contributed by atoms with E-state index >= 15 is 0 Å². The van der Waals surface area contributed by atoms with Gasteiger partial charge in [-0.25, -0.2) is 4.39 Å². The van der Waals surface area contributed by atoms with Crippen molar-refractivity contribution in [1.82, 2.24) is 5.32 Å². The standard InChI is InChI=1S/C12H18FNO/c1-9(2)7-14-8-10-4-5-12(15-3)11(13)6-10/h4-6,9,14H,7-8H2,1-3H3. The highest BCUT2D eigenvalue weighted by Crippen LogP contribution is 2.17. The number of hydrogen-bond acceptors (Lipinski definition) is 2. The average Bonchev–Trinajstić information content (AvgIpc) is 2.17. The molecule has 0 heterocycles. The highest BCUT2D eigenvalue weighted by atomic mass is 19.1. The quantitative estimate of drug-likeness (QED) is 0.808. The molecule has 0 bridgehead atoms. The third-order valence-electron chi connectivity index (χ3n) is 2.10. The van der Waals surface area contributed by atoms with E-state index in [2.05, 4.69) is 19.2 Å². The van der Waals surface area contributed by atoms with E-state index in [0.29, 0.717) is 18.2 Å². The minimum absolute atomic E-state index is 0.294. The molecule has 0 aromatic heterocycles.